The second-order valence-electron chi connectivity index (χ2n) is 4.53. The molecule has 19 heavy (non-hydrogen) atoms. The third kappa shape index (κ3) is 3.06. The second-order valence-corrected chi connectivity index (χ2v) is 4.97. The molecule has 2 aromatic rings. The largest absolute Gasteiger partial charge is 0.438 e. The zero-order chi connectivity index (χ0) is 14.0. The molecule has 0 saturated heterocycles. The van der Waals surface area contributed by atoms with Crippen LogP contribution in [0.25, 0.3) is 0 Å². The van der Waals surface area contributed by atoms with Gasteiger partial charge in [0.2, 0.25) is 5.88 Å². The number of hydrogen-bond acceptors (Lipinski definition) is 3. The van der Waals surface area contributed by atoms with Crippen LogP contribution in [-0.4, -0.2) is 10.1 Å². The molecule has 1 heterocycles. The minimum Gasteiger partial charge on any atom is -0.438 e. The minimum absolute atomic E-state index is 0.0961. The molecule has 0 radical (unpaired) electrons. The third-order valence-electron chi connectivity index (χ3n) is 2.94. The number of aliphatic hydroxyl groups is 1. The van der Waals surface area contributed by atoms with Crippen LogP contribution in [0.15, 0.2) is 24.3 Å². The Kier molecular flexibility index (Phi) is 4.08. The first kappa shape index (κ1) is 13.8. The van der Waals surface area contributed by atoms with Gasteiger partial charge in [-0.25, -0.2) is 4.98 Å². The molecule has 1 aromatic carbocycles. The zero-order valence-electron chi connectivity index (χ0n) is 11.2. The summed E-state index contributed by atoms with van der Waals surface area (Å²) < 4.78 is 5.82. The summed E-state index contributed by atoms with van der Waals surface area (Å²) in [4.78, 5) is 4.35. The number of pyridine rings is 1. The number of nitrogens with zero attached hydrogens (tertiary/aromatic N) is 1. The van der Waals surface area contributed by atoms with Crippen LogP contribution in [0.4, 0.5) is 0 Å². The Morgan fingerprint density at radius 1 is 1.16 bits per heavy atom. The first-order valence-electron chi connectivity index (χ1n) is 6.03. The van der Waals surface area contributed by atoms with Crippen molar-refractivity contribution in [2.45, 2.75) is 27.4 Å². The highest BCUT2D eigenvalue weighted by Gasteiger charge is 2.11. The lowest BCUT2D eigenvalue weighted by molar-refractivity contribution is 0.274. The summed E-state index contributed by atoms with van der Waals surface area (Å²) in [5, 5.41) is 10.1. The third-order valence-corrected chi connectivity index (χ3v) is 3.17. The smallest absolute Gasteiger partial charge is 0.225 e. The van der Waals surface area contributed by atoms with Gasteiger partial charge in [-0.05, 0) is 56.2 Å². The van der Waals surface area contributed by atoms with E-state index in [2.05, 4.69) is 4.98 Å². The van der Waals surface area contributed by atoms with Crippen molar-refractivity contribution >= 4 is 11.6 Å². The topological polar surface area (TPSA) is 42.4 Å². The van der Waals surface area contributed by atoms with Crippen molar-refractivity contribution in [3.8, 4) is 11.6 Å². The summed E-state index contributed by atoms with van der Waals surface area (Å²) in [6.07, 6.45) is 0. The number of rotatable bonds is 3. The average Bonchev–Trinajstić information content (AvgIpc) is 2.32. The van der Waals surface area contributed by atoms with Crippen LogP contribution in [0.3, 0.4) is 0 Å². The molecule has 1 aromatic heterocycles. The molecule has 0 amide bonds. The molecule has 1 N–H and O–H groups in total. The van der Waals surface area contributed by atoms with E-state index in [4.69, 9.17) is 16.3 Å². The zero-order valence-corrected chi connectivity index (χ0v) is 12.0. The van der Waals surface area contributed by atoms with Crippen LogP contribution >= 0.6 is 11.6 Å². The molecule has 3 nitrogen and oxygen atoms in total. The molecule has 0 aliphatic heterocycles. The van der Waals surface area contributed by atoms with Gasteiger partial charge in [-0.15, -0.1) is 0 Å². The Balaban J connectivity index is 2.42. The second kappa shape index (κ2) is 5.59. The van der Waals surface area contributed by atoms with Crippen molar-refractivity contribution in [1.29, 1.82) is 0 Å². The van der Waals surface area contributed by atoms with Crippen molar-refractivity contribution in [1.82, 2.24) is 4.98 Å². The van der Waals surface area contributed by atoms with E-state index in [0.29, 0.717) is 22.2 Å². The number of aliphatic hydroxyl groups excluding tert-OH is 1. The average molecular weight is 278 g/mol. The summed E-state index contributed by atoms with van der Waals surface area (Å²) in [5.41, 5.74) is 3.46. The molecule has 0 spiro atoms. The highest BCUT2D eigenvalue weighted by molar-refractivity contribution is 6.30. The number of hydrogen-bond donors (Lipinski definition) is 1. The van der Waals surface area contributed by atoms with Gasteiger partial charge in [0.25, 0.3) is 0 Å². The molecule has 0 fully saturated rings. The molecule has 0 bridgehead atoms. The van der Waals surface area contributed by atoms with Crippen LogP contribution in [0.2, 0.25) is 5.02 Å². The van der Waals surface area contributed by atoms with E-state index in [0.717, 1.165) is 16.8 Å². The highest BCUT2D eigenvalue weighted by Crippen LogP contribution is 2.30. The summed E-state index contributed by atoms with van der Waals surface area (Å²) in [5.74, 6) is 1.14. The molecule has 0 atom stereocenters. The molecule has 2 rings (SSSR count). The van der Waals surface area contributed by atoms with Gasteiger partial charge in [0.1, 0.15) is 5.75 Å². The van der Waals surface area contributed by atoms with Gasteiger partial charge in [-0.1, -0.05) is 11.6 Å². The molecule has 4 heteroatoms. The molecular formula is C15H16ClNO2. The Labute approximate surface area is 117 Å². The van der Waals surface area contributed by atoms with E-state index in [1.54, 1.807) is 12.1 Å². The first-order valence-corrected chi connectivity index (χ1v) is 6.41. The van der Waals surface area contributed by atoms with Gasteiger partial charge >= 0.3 is 0 Å². The van der Waals surface area contributed by atoms with E-state index in [9.17, 15) is 5.11 Å². The van der Waals surface area contributed by atoms with E-state index >= 15 is 0 Å². The summed E-state index contributed by atoms with van der Waals surface area (Å²) in [6, 6.07) is 7.33. The van der Waals surface area contributed by atoms with Crippen LogP contribution in [0.1, 0.15) is 22.4 Å². The Hall–Kier alpha value is -1.58. The van der Waals surface area contributed by atoms with Crippen LogP contribution in [0, 0.1) is 20.8 Å². The summed E-state index contributed by atoms with van der Waals surface area (Å²) >= 11 is 5.92. The maximum atomic E-state index is 9.44. The van der Waals surface area contributed by atoms with Gasteiger partial charge < -0.3 is 9.84 Å². The SMILES string of the molecule is Cc1cc(C)c(CO)c(Oc2ccc(Cl)cc2C)n1. The van der Waals surface area contributed by atoms with Crippen molar-refractivity contribution < 1.29 is 9.84 Å². The fraction of sp³-hybridized carbons (Fsp3) is 0.267. The lowest BCUT2D eigenvalue weighted by Gasteiger charge is -2.13. The molecular weight excluding hydrogens is 262 g/mol. The molecule has 0 saturated carbocycles. The van der Waals surface area contributed by atoms with Crippen LogP contribution < -0.4 is 4.74 Å². The van der Waals surface area contributed by atoms with E-state index in [1.807, 2.05) is 32.9 Å². The molecule has 0 unspecified atom stereocenters. The Morgan fingerprint density at radius 2 is 1.89 bits per heavy atom. The lowest BCUT2D eigenvalue weighted by atomic mass is 10.1. The van der Waals surface area contributed by atoms with E-state index in [-0.39, 0.29) is 6.61 Å². The fourth-order valence-electron chi connectivity index (χ4n) is 1.94. The monoisotopic (exact) mass is 277 g/mol. The standard InChI is InChI=1S/C15H16ClNO2/c1-9-6-11(3)17-15(13(9)8-18)19-14-5-4-12(16)7-10(14)2/h4-7,18H,8H2,1-3H3. The Bertz CT molecular complexity index is 611. The van der Waals surface area contributed by atoms with Gasteiger partial charge in [0, 0.05) is 16.3 Å². The molecule has 0 aliphatic carbocycles. The Morgan fingerprint density at radius 3 is 2.53 bits per heavy atom. The van der Waals surface area contributed by atoms with Crippen molar-refractivity contribution in [3.05, 3.63) is 51.7 Å². The predicted octanol–water partition coefficient (Wildman–Crippen LogP) is 3.94. The summed E-state index contributed by atoms with van der Waals surface area (Å²) in [7, 11) is 0. The van der Waals surface area contributed by atoms with Crippen LogP contribution in [0.5, 0.6) is 11.6 Å². The van der Waals surface area contributed by atoms with Crippen LogP contribution in [-0.2, 0) is 6.61 Å². The minimum atomic E-state index is -0.0961. The van der Waals surface area contributed by atoms with Gasteiger partial charge in [0.15, 0.2) is 0 Å². The molecule has 100 valence electrons. The molecule has 0 aliphatic rings. The maximum absolute atomic E-state index is 9.44. The van der Waals surface area contributed by atoms with Gasteiger partial charge in [0.05, 0.1) is 6.61 Å². The normalized spacial score (nSPS) is 10.6. The number of aryl methyl sites for hydroxylation is 3. The summed E-state index contributed by atoms with van der Waals surface area (Å²) in [6.45, 7) is 5.65. The van der Waals surface area contributed by atoms with Crippen molar-refractivity contribution in [2.75, 3.05) is 0 Å². The predicted molar refractivity (Wildman–Crippen MR) is 75.9 cm³/mol. The number of halogens is 1. The first-order chi connectivity index (χ1) is 9.01. The number of aromatic nitrogens is 1. The van der Waals surface area contributed by atoms with E-state index in [1.165, 1.54) is 0 Å². The highest BCUT2D eigenvalue weighted by atomic mass is 35.5. The fourth-order valence-corrected chi connectivity index (χ4v) is 2.16. The van der Waals surface area contributed by atoms with E-state index < -0.39 is 0 Å². The quantitative estimate of drug-likeness (QED) is 0.924. The number of ether oxygens (including phenoxy) is 1. The van der Waals surface area contributed by atoms with Gasteiger partial charge in [-0.2, -0.15) is 0 Å². The number of benzene rings is 1. The van der Waals surface area contributed by atoms with Crippen molar-refractivity contribution in [2.24, 2.45) is 0 Å². The van der Waals surface area contributed by atoms with Crippen molar-refractivity contribution in [3.63, 3.8) is 0 Å². The maximum Gasteiger partial charge on any atom is 0.225 e. The van der Waals surface area contributed by atoms with Gasteiger partial charge in [-0.3, -0.25) is 0 Å². The lowest BCUT2D eigenvalue weighted by Crippen LogP contribution is -2.00.